The second kappa shape index (κ2) is 17.8. The van der Waals surface area contributed by atoms with Gasteiger partial charge in [-0.15, -0.1) is 10.2 Å². The summed E-state index contributed by atoms with van der Waals surface area (Å²) in [6.45, 7) is -1.82. The van der Waals surface area contributed by atoms with E-state index in [0.717, 1.165) is 17.7 Å². The fourth-order valence-electron chi connectivity index (χ4n) is 6.69. The zero-order valence-corrected chi connectivity index (χ0v) is 32.4. The van der Waals surface area contributed by atoms with Crippen molar-refractivity contribution in [2.75, 3.05) is 43.1 Å². The SMILES string of the molecule is [2H]C([2H])([2H])NC(=O)c1nnc(Nc2ccc(C(=O)NCCCCCNc3ccc4c(c3)C(=O)N(C3CCC(=O)NC3=O)C4=O)cn2)cc1Nc1cccc(-c2ncn(C)n2)c1OC. The van der Waals surface area contributed by atoms with Crippen LogP contribution in [-0.4, -0.2) is 104 Å². The Morgan fingerprint density at radius 2 is 1.72 bits per heavy atom. The molecule has 6 amide bonds. The second-order valence-electron chi connectivity index (χ2n) is 13.7. The summed E-state index contributed by atoms with van der Waals surface area (Å²) in [5.41, 5.74) is 2.07. The number of carbonyl (C=O) groups excluding carboxylic acids is 6. The summed E-state index contributed by atoms with van der Waals surface area (Å²) in [6.07, 6.45) is 5.25. The van der Waals surface area contributed by atoms with Crippen LogP contribution in [0, 0.1) is 0 Å². The third kappa shape index (κ3) is 8.71. The first-order valence-corrected chi connectivity index (χ1v) is 18.8. The van der Waals surface area contributed by atoms with Crippen LogP contribution in [0.15, 0.2) is 67.1 Å². The molecule has 1 fully saturated rings. The lowest BCUT2D eigenvalue weighted by Crippen LogP contribution is -2.54. The normalized spacial score (nSPS) is 15.6. The summed E-state index contributed by atoms with van der Waals surface area (Å²) in [6, 6.07) is 13.5. The van der Waals surface area contributed by atoms with Gasteiger partial charge in [-0.3, -0.25) is 43.7 Å². The van der Waals surface area contributed by atoms with Crippen molar-refractivity contribution in [3.05, 3.63) is 89.5 Å². The minimum atomic E-state index is -2.79. The van der Waals surface area contributed by atoms with Crippen molar-refractivity contribution >= 4 is 64.1 Å². The van der Waals surface area contributed by atoms with Crippen LogP contribution in [0.2, 0.25) is 0 Å². The predicted octanol–water partition coefficient (Wildman–Crippen LogP) is 2.94. The first kappa shape index (κ1) is 36.6. The van der Waals surface area contributed by atoms with Crippen LogP contribution < -0.4 is 36.6 Å². The quantitative estimate of drug-likeness (QED) is 0.0618. The van der Waals surface area contributed by atoms with E-state index in [1.165, 1.54) is 30.4 Å². The van der Waals surface area contributed by atoms with E-state index in [9.17, 15) is 28.8 Å². The lowest BCUT2D eigenvalue weighted by molar-refractivity contribution is -0.136. The maximum Gasteiger partial charge on any atom is 0.273 e. The van der Waals surface area contributed by atoms with E-state index in [1.54, 1.807) is 55.6 Å². The van der Waals surface area contributed by atoms with Gasteiger partial charge >= 0.3 is 0 Å². The Kier molecular flexibility index (Phi) is 10.8. The molecule has 5 heterocycles. The van der Waals surface area contributed by atoms with Crippen molar-refractivity contribution in [2.45, 2.75) is 38.1 Å². The molecule has 2 aliphatic rings. The molecule has 20 heteroatoms. The fraction of sp³-hybridized carbons (Fsp3) is 0.275. The summed E-state index contributed by atoms with van der Waals surface area (Å²) in [4.78, 5) is 85.3. The molecule has 0 spiro atoms. The number of benzene rings is 2. The van der Waals surface area contributed by atoms with Crippen LogP contribution in [0.25, 0.3) is 11.4 Å². The predicted molar refractivity (Wildman–Crippen MR) is 217 cm³/mol. The Labute approximate surface area is 347 Å². The number of nitrogens with one attached hydrogen (secondary N) is 6. The summed E-state index contributed by atoms with van der Waals surface area (Å²) in [7, 11) is 3.18. The number of carbonyl (C=O) groups is 6. The van der Waals surface area contributed by atoms with E-state index >= 15 is 0 Å². The number of imide groups is 2. The molecule has 60 heavy (non-hydrogen) atoms. The number of fused-ring (bicyclic) bond motifs is 1. The highest BCUT2D eigenvalue weighted by Gasteiger charge is 2.44. The van der Waals surface area contributed by atoms with Crippen molar-refractivity contribution in [1.82, 2.24) is 50.8 Å². The Morgan fingerprint density at radius 3 is 2.47 bits per heavy atom. The van der Waals surface area contributed by atoms with Crippen LogP contribution in [0.5, 0.6) is 5.75 Å². The molecule has 3 aromatic heterocycles. The lowest BCUT2D eigenvalue weighted by Gasteiger charge is -2.27. The number of ether oxygens (including phenoxy) is 1. The molecule has 0 radical (unpaired) electrons. The van der Waals surface area contributed by atoms with Gasteiger partial charge in [-0.05, 0) is 68.1 Å². The van der Waals surface area contributed by atoms with Gasteiger partial charge in [-0.25, -0.2) is 9.97 Å². The average molecular weight is 819 g/mol. The molecule has 0 aliphatic carbocycles. The number of methoxy groups -OCH3 is 1. The molecule has 0 saturated carbocycles. The molecule has 5 aromatic rings. The summed E-state index contributed by atoms with van der Waals surface area (Å²) in [5, 5.41) is 28.7. The number of amides is 6. The first-order valence-electron chi connectivity index (χ1n) is 20.3. The van der Waals surface area contributed by atoms with E-state index in [0.29, 0.717) is 59.4 Å². The zero-order chi connectivity index (χ0) is 44.8. The number of anilines is 5. The average Bonchev–Trinajstić information content (AvgIpc) is 3.79. The van der Waals surface area contributed by atoms with Gasteiger partial charge in [0.15, 0.2) is 23.1 Å². The highest BCUT2D eigenvalue weighted by molar-refractivity contribution is 6.23. The Hall–Kier alpha value is -7.77. The van der Waals surface area contributed by atoms with Crippen molar-refractivity contribution in [1.29, 1.82) is 0 Å². The van der Waals surface area contributed by atoms with Crippen molar-refractivity contribution in [3.8, 4) is 17.1 Å². The maximum absolute atomic E-state index is 13.1. The standard InChI is InChI=1S/C40H41N13O7/c1-41-38(57)33-28(46-27-9-7-8-25(34(27)60-3)35-45-21-52(2)51-35)19-31(49-50-33)47-30-14-10-22(20-44-30)36(55)43-17-6-4-5-16-42-23-11-12-24-26(18-23)40(59)53(39(24)58)29-13-15-32(54)48-37(29)56/h7-12,14,18-21,29,42H,4-6,13,15-17H2,1-3H3,(H,41,57)(H,43,55)(H,48,54,56)(H2,44,46,47,49)/i1D3. The van der Waals surface area contributed by atoms with Gasteiger partial charge in [0.1, 0.15) is 18.2 Å². The summed E-state index contributed by atoms with van der Waals surface area (Å²) >= 11 is 0. The number of para-hydroxylation sites is 1. The molecule has 7 rings (SSSR count). The summed E-state index contributed by atoms with van der Waals surface area (Å²) in [5.74, 6) is -2.40. The van der Waals surface area contributed by atoms with E-state index in [1.807, 2.05) is 5.32 Å². The molecule has 2 aromatic carbocycles. The van der Waals surface area contributed by atoms with Crippen molar-refractivity contribution < 1.29 is 37.6 Å². The number of pyridine rings is 1. The van der Waals surface area contributed by atoms with Gasteiger partial charge in [0.2, 0.25) is 11.8 Å². The van der Waals surface area contributed by atoms with Gasteiger partial charge in [0.05, 0.1) is 40.7 Å². The minimum Gasteiger partial charge on any atom is -0.494 e. The molecule has 1 saturated heterocycles. The van der Waals surface area contributed by atoms with E-state index < -0.39 is 42.6 Å². The number of unbranched alkanes of at least 4 members (excludes halogenated alkanes) is 2. The largest absolute Gasteiger partial charge is 0.494 e. The third-order valence-corrected chi connectivity index (χ3v) is 9.64. The van der Waals surface area contributed by atoms with E-state index in [-0.39, 0.29) is 47.1 Å². The molecule has 20 nitrogen and oxygen atoms in total. The van der Waals surface area contributed by atoms with Gasteiger partial charge in [0.25, 0.3) is 23.6 Å². The first-order chi connectivity index (χ1) is 30.2. The zero-order valence-electron chi connectivity index (χ0n) is 35.4. The molecular formula is C40H41N13O7. The van der Waals surface area contributed by atoms with Crippen molar-refractivity contribution in [3.63, 3.8) is 0 Å². The number of rotatable bonds is 16. The topological polar surface area (TPSA) is 256 Å². The molecule has 6 N–H and O–H groups in total. The third-order valence-electron chi connectivity index (χ3n) is 9.64. The number of aryl methyl sites for hydroxylation is 1. The smallest absolute Gasteiger partial charge is 0.273 e. The number of aromatic nitrogens is 6. The van der Waals surface area contributed by atoms with Crippen LogP contribution in [0.4, 0.5) is 28.7 Å². The Morgan fingerprint density at radius 1 is 0.883 bits per heavy atom. The molecule has 1 atom stereocenters. The molecule has 308 valence electrons. The number of nitrogens with zero attached hydrogens (tertiary/aromatic N) is 7. The van der Waals surface area contributed by atoms with Crippen LogP contribution >= 0.6 is 0 Å². The lowest BCUT2D eigenvalue weighted by atomic mass is 10.0. The fourth-order valence-corrected chi connectivity index (χ4v) is 6.69. The van der Waals surface area contributed by atoms with Crippen LogP contribution in [-0.2, 0) is 16.6 Å². The number of hydrogen-bond donors (Lipinski definition) is 6. The number of piperidine rings is 1. The van der Waals surface area contributed by atoms with Gasteiger partial charge in [-0.1, -0.05) is 6.07 Å². The van der Waals surface area contributed by atoms with E-state index in [4.69, 9.17) is 8.85 Å². The number of hydrogen-bond acceptors (Lipinski definition) is 15. The molecule has 0 bridgehead atoms. The molecular weight excluding hydrogens is 775 g/mol. The van der Waals surface area contributed by atoms with E-state index in [2.05, 4.69) is 51.8 Å². The monoisotopic (exact) mass is 818 g/mol. The Bertz CT molecular complexity index is 2600. The van der Waals surface area contributed by atoms with Crippen LogP contribution in [0.1, 0.15) is 77.8 Å². The Balaban J connectivity index is 0.903. The van der Waals surface area contributed by atoms with Crippen molar-refractivity contribution in [2.24, 2.45) is 7.05 Å². The van der Waals surface area contributed by atoms with Gasteiger partial charge in [-0.2, -0.15) is 5.10 Å². The highest BCUT2D eigenvalue weighted by atomic mass is 16.5. The highest BCUT2D eigenvalue weighted by Crippen LogP contribution is 2.37. The second-order valence-corrected chi connectivity index (χ2v) is 13.7. The van der Waals surface area contributed by atoms with Gasteiger partial charge < -0.3 is 31.3 Å². The molecule has 1 unspecified atom stereocenters. The minimum absolute atomic E-state index is 0.0446. The summed E-state index contributed by atoms with van der Waals surface area (Å²) < 4.78 is 29.7. The van der Waals surface area contributed by atoms with Gasteiger partial charge in [0, 0.05) is 55.6 Å². The molecule has 2 aliphatic heterocycles. The van der Waals surface area contributed by atoms with Crippen LogP contribution in [0.3, 0.4) is 0 Å². The maximum atomic E-state index is 13.1.